The zero-order chi connectivity index (χ0) is 14.8. The molecule has 0 aliphatic heterocycles. The van der Waals surface area contributed by atoms with E-state index in [-0.39, 0.29) is 5.82 Å². The van der Waals surface area contributed by atoms with Gasteiger partial charge in [-0.3, -0.25) is 0 Å². The molecule has 0 radical (unpaired) electrons. The Morgan fingerprint density at radius 2 is 2.10 bits per heavy atom. The minimum atomic E-state index is -0.124. The lowest BCUT2D eigenvalue weighted by Gasteiger charge is -2.24. The van der Waals surface area contributed by atoms with Crippen molar-refractivity contribution < 1.29 is 4.39 Å². The molecule has 0 amide bonds. The molecule has 0 unspecified atom stereocenters. The molecule has 1 heterocycles. The summed E-state index contributed by atoms with van der Waals surface area (Å²) in [6, 6.07) is 2.32. The lowest BCUT2D eigenvalue weighted by molar-refractivity contribution is 0.530. The highest BCUT2D eigenvalue weighted by atomic mass is 19.1. The first-order valence-corrected chi connectivity index (χ1v) is 8.26. The van der Waals surface area contributed by atoms with Gasteiger partial charge in [-0.2, -0.15) is 0 Å². The Labute approximate surface area is 126 Å². The Morgan fingerprint density at radius 3 is 2.71 bits per heavy atom. The molecule has 3 rings (SSSR count). The third-order valence-electron chi connectivity index (χ3n) is 4.23. The fourth-order valence-corrected chi connectivity index (χ4v) is 2.68. The molecule has 116 valence electrons. The zero-order valence-electron chi connectivity index (χ0n) is 13.1. The van der Waals surface area contributed by atoms with Crippen molar-refractivity contribution in [2.45, 2.75) is 52.1 Å². The van der Waals surface area contributed by atoms with Crippen LogP contribution in [-0.4, -0.2) is 24.1 Å². The number of pyridine rings is 1. The Bertz CT molecular complexity index is 481. The van der Waals surface area contributed by atoms with Gasteiger partial charge < -0.3 is 10.2 Å². The number of anilines is 1. The van der Waals surface area contributed by atoms with E-state index in [2.05, 4.69) is 29.0 Å². The van der Waals surface area contributed by atoms with Crippen molar-refractivity contribution in [1.29, 1.82) is 0 Å². The van der Waals surface area contributed by atoms with E-state index in [0.717, 1.165) is 24.6 Å². The Balaban J connectivity index is 1.71. The molecule has 0 saturated heterocycles. The monoisotopic (exact) mass is 291 g/mol. The van der Waals surface area contributed by atoms with Crippen molar-refractivity contribution in [3.05, 3.63) is 23.6 Å². The van der Waals surface area contributed by atoms with Gasteiger partial charge in [0.2, 0.25) is 0 Å². The first-order valence-electron chi connectivity index (χ1n) is 8.26. The van der Waals surface area contributed by atoms with Gasteiger partial charge in [0.25, 0.3) is 0 Å². The van der Waals surface area contributed by atoms with Crippen LogP contribution < -0.4 is 10.2 Å². The largest absolute Gasteiger partial charge is 0.351 e. The quantitative estimate of drug-likeness (QED) is 0.796. The van der Waals surface area contributed by atoms with Gasteiger partial charge >= 0.3 is 0 Å². The third kappa shape index (κ3) is 3.94. The second-order valence-corrected chi connectivity index (χ2v) is 6.96. The summed E-state index contributed by atoms with van der Waals surface area (Å²) >= 11 is 0. The zero-order valence-corrected chi connectivity index (χ0v) is 13.1. The number of aromatic nitrogens is 1. The van der Waals surface area contributed by atoms with Crippen LogP contribution in [0.2, 0.25) is 0 Å². The molecule has 4 heteroatoms. The van der Waals surface area contributed by atoms with E-state index in [0.29, 0.717) is 24.3 Å². The Kier molecular flexibility index (Phi) is 4.43. The van der Waals surface area contributed by atoms with E-state index in [1.165, 1.54) is 25.7 Å². The van der Waals surface area contributed by atoms with Gasteiger partial charge in [-0.15, -0.1) is 0 Å². The first kappa shape index (κ1) is 14.8. The normalized spacial score (nSPS) is 18.3. The van der Waals surface area contributed by atoms with Crippen molar-refractivity contribution in [2.75, 3.05) is 18.0 Å². The maximum absolute atomic E-state index is 14.8. The van der Waals surface area contributed by atoms with Gasteiger partial charge in [0, 0.05) is 30.9 Å². The van der Waals surface area contributed by atoms with E-state index in [9.17, 15) is 4.39 Å². The van der Waals surface area contributed by atoms with Crippen LogP contribution >= 0.6 is 0 Å². The van der Waals surface area contributed by atoms with Crippen LogP contribution in [0.4, 0.5) is 10.2 Å². The maximum atomic E-state index is 14.8. The second kappa shape index (κ2) is 6.30. The molecule has 1 aromatic heterocycles. The third-order valence-corrected chi connectivity index (χ3v) is 4.23. The SMILES string of the molecule is CC(C)CNCc1ccnc(N(CC2CC2)C2CC2)c1F. The fraction of sp³-hybridized carbons (Fsp3) is 0.706. The summed E-state index contributed by atoms with van der Waals surface area (Å²) in [5, 5.41) is 3.32. The van der Waals surface area contributed by atoms with Gasteiger partial charge in [0.1, 0.15) is 0 Å². The van der Waals surface area contributed by atoms with Crippen molar-refractivity contribution in [1.82, 2.24) is 10.3 Å². The number of halogens is 1. The molecule has 2 aliphatic rings. The molecule has 0 aromatic carbocycles. The highest BCUT2D eigenvalue weighted by molar-refractivity contribution is 5.45. The van der Waals surface area contributed by atoms with Gasteiger partial charge in [0.15, 0.2) is 11.6 Å². The predicted molar refractivity (Wildman–Crippen MR) is 83.8 cm³/mol. The Morgan fingerprint density at radius 1 is 1.33 bits per heavy atom. The summed E-state index contributed by atoms with van der Waals surface area (Å²) in [4.78, 5) is 6.57. The predicted octanol–water partition coefficient (Wildman–Crippen LogP) is 3.35. The van der Waals surface area contributed by atoms with Gasteiger partial charge in [-0.25, -0.2) is 9.37 Å². The lowest BCUT2D eigenvalue weighted by atomic mass is 10.2. The van der Waals surface area contributed by atoms with E-state index in [4.69, 9.17) is 0 Å². The molecule has 3 nitrogen and oxygen atoms in total. The smallest absolute Gasteiger partial charge is 0.170 e. The van der Waals surface area contributed by atoms with Crippen LogP contribution in [0.5, 0.6) is 0 Å². The second-order valence-electron chi connectivity index (χ2n) is 6.96. The van der Waals surface area contributed by atoms with E-state index in [1.807, 2.05) is 0 Å². The molecule has 1 aromatic rings. The molecule has 2 aliphatic carbocycles. The molecular formula is C17H26FN3. The van der Waals surface area contributed by atoms with E-state index >= 15 is 0 Å². The number of nitrogens with zero attached hydrogens (tertiary/aromatic N) is 2. The van der Waals surface area contributed by atoms with Crippen LogP contribution in [0, 0.1) is 17.7 Å². The minimum Gasteiger partial charge on any atom is -0.351 e. The molecular weight excluding hydrogens is 265 g/mol. The topological polar surface area (TPSA) is 28.2 Å². The summed E-state index contributed by atoms with van der Waals surface area (Å²) < 4.78 is 14.8. The number of hydrogen-bond donors (Lipinski definition) is 1. The van der Waals surface area contributed by atoms with E-state index < -0.39 is 0 Å². The summed E-state index contributed by atoms with van der Waals surface area (Å²) in [7, 11) is 0. The lowest BCUT2D eigenvalue weighted by Crippen LogP contribution is -2.30. The maximum Gasteiger partial charge on any atom is 0.170 e. The fourth-order valence-electron chi connectivity index (χ4n) is 2.68. The van der Waals surface area contributed by atoms with Crippen molar-refractivity contribution in [3.63, 3.8) is 0 Å². The summed E-state index contributed by atoms with van der Waals surface area (Å²) in [5.74, 6) is 1.79. The highest BCUT2D eigenvalue weighted by Crippen LogP contribution is 2.38. The highest BCUT2D eigenvalue weighted by Gasteiger charge is 2.35. The van der Waals surface area contributed by atoms with Crippen LogP contribution in [0.3, 0.4) is 0 Å². The van der Waals surface area contributed by atoms with Crippen molar-refractivity contribution in [3.8, 4) is 0 Å². The van der Waals surface area contributed by atoms with Gasteiger partial charge in [-0.05, 0) is 50.1 Å². The molecule has 1 N–H and O–H groups in total. The molecule has 2 saturated carbocycles. The van der Waals surface area contributed by atoms with Gasteiger partial charge in [-0.1, -0.05) is 13.8 Å². The Hall–Kier alpha value is -1.16. The van der Waals surface area contributed by atoms with Crippen molar-refractivity contribution in [2.24, 2.45) is 11.8 Å². The molecule has 0 spiro atoms. The molecule has 0 bridgehead atoms. The average molecular weight is 291 g/mol. The average Bonchev–Trinajstić information content (AvgIpc) is 3.32. The number of rotatable bonds is 8. The molecule has 0 atom stereocenters. The number of nitrogens with one attached hydrogen (secondary N) is 1. The van der Waals surface area contributed by atoms with Crippen LogP contribution in [0.25, 0.3) is 0 Å². The standard InChI is InChI=1S/C17H26FN3/c1-12(2)9-19-10-14-7-8-20-17(16(14)18)21(15-5-6-15)11-13-3-4-13/h7-8,12-13,15,19H,3-6,9-11H2,1-2H3. The molecule has 2 fully saturated rings. The van der Waals surface area contributed by atoms with Crippen LogP contribution in [0.15, 0.2) is 12.3 Å². The summed E-state index contributed by atoms with van der Waals surface area (Å²) in [5.41, 5.74) is 0.738. The van der Waals surface area contributed by atoms with Crippen LogP contribution in [-0.2, 0) is 6.54 Å². The minimum absolute atomic E-state index is 0.124. The van der Waals surface area contributed by atoms with Crippen LogP contribution in [0.1, 0.15) is 45.1 Å². The summed E-state index contributed by atoms with van der Waals surface area (Å²) in [6.45, 7) is 6.79. The number of hydrogen-bond acceptors (Lipinski definition) is 3. The molecule has 21 heavy (non-hydrogen) atoms. The summed E-state index contributed by atoms with van der Waals surface area (Å²) in [6.07, 6.45) is 6.71. The van der Waals surface area contributed by atoms with E-state index in [1.54, 1.807) is 12.3 Å². The van der Waals surface area contributed by atoms with Crippen molar-refractivity contribution >= 4 is 5.82 Å². The van der Waals surface area contributed by atoms with Gasteiger partial charge in [0.05, 0.1) is 0 Å². The first-order chi connectivity index (χ1) is 10.1.